The Hall–Kier alpha value is -4.21. The van der Waals surface area contributed by atoms with E-state index < -0.39 is 17.4 Å². The van der Waals surface area contributed by atoms with Gasteiger partial charge in [0.1, 0.15) is 17.6 Å². The molecule has 0 radical (unpaired) electrons. The number of hydrogen-bond acceptors (Lipinski definition) is 7. The Balaban J connectivity index is 1.88. The molecule has 206 valence electrons. The average Bonchev–Trinajstić information content (AvgIpc) is 3.52. The van der Waals surface area contributed by atoms with Gasteiger partial charge in [-0.3, -0.25) is 24.9 Å². The van der Waals surface area contributed by atoms with Gasteiger partial charge in [0, 0.05) is 23.2 Å². The van der Waals surface area contributed by atoms with Crippen molar-refractivity contribution in [2.45, 2.75) is 58.4 Å². The highest BCUT2D eigenvalue weighted by Gasteiger charge is 2.54. The molecule has 0 saturated carbocycles. The second-order valence-electron chi connectivity index (χ2n) is 11.2. The molecule has 1 aliphatic rings. The molecule has 0 spiro atoms. The van der Waals surface area contributed by atoms with Crippen LogP contribution in [0.5, 0.6) is 5.75 Å². The molecule has 1 unspecified atom stereocenters. The first-order valence-corrected chi connectivity index (χ1v) is 12.8. The molecule has 0 fully saturated rings. The lowest BCUT2D eigenvalue weighted by Gasteiger charge is -2.37. The Labute approximate surface area is 228 Å². The molecular weight excluding hydrogens is 498 g/mol. The summed E-state index contributed by atoms with van der Waals surface area (Å²) >= 11 is 0. The fourth-order valence-electron chi connectivity index (χ4n) is 5.38. The lowest BCUT2D eigenvalue weighted by molar-refractivity contribution is -0.147. The van der Waals surface area contributed by atoms with Crippen LogP contribution in [0.4, 0.5) is 11.6 Å². The average molecular weight is 534 g/mol. The van der Waals surface area contributed by atoms with Crippen molar-refractivity contribution in [3.05, 3.63) is 65.0 Å². The number of fused-ring (bicyclic) bond motifs is 1. The van der Waals surface area contributed by atoms with Crippen LogP contribution >= 0.6 is 0 Å². The zero-order valence-corrected chi connectivity index (χ0v) is 23.4. The number of anilines is 2. The molecule has 2 N–H and O–H groups in total. The van der Waals surface area contributed by atoms with Crippen LogP contribution in [0.2, 0.25) is 0 Å². The normalized spacial score (nSPS) is 16.7. The highest BCUT2D eigenvalue weighted by molar-refractivity contribution is 6.15. The molecule has 2 amide bonds. The Morgan fingerprint density at radius 1 is 1.15 bits per heavy atom. The third-order valence-corrected chi connectivity index (χ3v) is 6.95. The van der Waals surface area contributed by atoms with E-state index in [9.17, 15) is 14.4 Å². The Kier molecular flexibility index (Phi) is 7.50. The summed E-state index contributed by atoms with van der Waals surface area (Å²) in [6.07, 6.45) is 1.81. The van der Waals surface area contributed by atoms with Gasteiger partial charge in [0.05, 0.1) is 14.2 Å². The number of aromatic amines is 1. The van der Waals surface area contributed by atoms with Crippen LogP contribution in [0.25, 0.3) is 0 Å². The van der Waals surface area contributed by atoms with Gasteiger partial charge in [-0.25, -0.2) is 9.78 Å². The molecule has 4 rings (SSSR count). The SMILES string of the molecule is COC(=O)C1(CC(C)C)Cc2c(C(=O)Nc3nc[nH]n3)cccc2N1C(=O)c1ccc(C(C)(C)C)c(OC)c1. The molecule has 2 aromatic carbocycles. The van der Waals surface area contributed by atoms with Crippen molar-refractivity contribution in [3.8, 4) is 5.75 Å². The van der Waals surface area contributed by atoms with Crippen LogP contribution in [0.3, 0.4) is 0 Å². The van der Waals surface area contributed by atoms with Crippen LogP contribution in [0.1, 0.15) is 72.9 Å². The molecular formula is C29H35N5O5. The summed E-state index contributed by atoms with van der Waals surface area (Å²) in [7, 11) is 2.88. The number of hydrogen-bond donors (Lipinski definition) is 2. The predicted molar refractivity (Wildman–Crippen MR) is 147 cm³/mol. The summed E-state index contributed by atoms with van der Waals surface area (Å²) in [5.41, 5.74) is 1.14. The van der Waals surface area contributed by atoms with Gasteiger partial charge in [0.15, 0.2) is 0 Å². The Bertz CT molecular complexity index is 1390. The monoisotopic (exact) mass is 533 g/mol. The molecule has 10 nitrogen and oxygen atoms in total. The van der Waals surface area contributed by atoms with Crippen molar-refractivity contribution in [1.82, 2.24) is 15.2 Å². The number of rotatable bonds is 7. The minimum absolute atomic E-state index is 0.0389. The predicted octanol–water partition coefficient (Wildman–Crippen LogP) is 4.52. The van der Waals surface area contributed by atoms with Crippen molar-refractivity contribution in [2.75, 3.05) is 24.4 Å². The Morgan fingerprint density at radius 3 is 2.49 bits per heavy atom. The van der Waals surface area contributed by atoms with Crippen molar-refractivity contribution in [2.24, 2.45) is 5.92 Å². The minimum atomic E-state index is -1.35. The van der Waals surface area contributed by atoms with Gasteiger partial charge in [0.2, 0.25) is 5.95 Å². The molecule has 0 saturated heterocycles. The third-order valence-electron chi connectivity index (χ3n) is 6.95. The van der Waals surface area contributed by atoms with Crippen molar-refractivity contribution < 1.29 is 23.9 Å². The standard InChI is InChI=1S/C29H35N5O5/c1-17(2)14-29(26(37)39-7)15-20-19(24(35)32-27-30-16-31-33-27)9-8-10-22(20)34(29)25(36)18-11-12-21(28(3,4)5)23(13-18)38-6/h8-13,16-17H,14-15H2,1-7H3,(H2,30,31,32,33,35). The van der Waals surface area contributed by atoms with Gasteiger partial charge in [-0.1, -0.05) is 46.8 Å². The van der Waals surface area contributed by atoms with Crippen molar-refractivity contribution in [3.63, 3.8) is 0 Å². The number of aromatic nitrogens is 3. The van der Waals surface area contributed by atoms with E-state index in [1.807, 2.05) is 19.9 Å². The third kappa shape index (κ3) is 5.10. The summed E-state index contributed by atoms with van der Waals surface area (Å²) < 4.78 is 10.9. The summed E-state index contributed by atoms with van der Waals surface area (Å²) in [5, 5.41) is 9.11. The van der Waals surface area contributed by atoms with Gasteiger partial charge in [-0.15, -0.1) is 5.10 Å². The van der Waals surface area contributed by atoms with Gasteiger partial charge >= 0.3 is 5.97 Å². The minimum Gasteiger partial charge on any atom is -0.496 e. The zero-order valence-electron chi connectivity index (χ0n) is 23.4. The van der Waals surface area contributed by atoms with E-state index in [0.717, 1.165) is 5.56 Å². The van der Waals surface area contributed by atoms with Crippen LogP contribution < -0.4 is 15.0 Å². The fourth-order valence-corrected chi connectivity index (χ4v) is 5.38. The van der Waals surface area contributed by atoms with E-state index in [0.29, 0.717) is 34.5 Å². The topological polar surface area (TPSA) is 127 Å². The number of esters is 1. The maximum atomic E-state index is 14.3. The largest absolute Gasteiger partial charge is 0.496 e. The summed E-state index contributed by atoms with van der Waals surface area (Å²) in [6, 6.07) is 10.4. The second kappa shape index (κ2) is 10.5. The molecule has 1 aromatic heterocycles. The number of amides is 2. The van der Waals surface area contributed by atoms with E-state index >= 15 is 0 Å². The first-order valence-electron chi connectivity index (χ1n) is 12.8. The molecule has 10 heteroatoms. The molecule has 1 aliphatic heterocycles. The van der Waals surface area contributed by atoms with Crippen molar-refractivity contribution in [1.29, 1.82) is 0 Å². The molecule has 1 atom stereocenters. The summed E-state index contributed by atoms with van der Waals surface area (Å²) in [5.74, 6) is -0.627. The molecule has 0 bridgehead atoms. The number of H-pyrrole nitrogens is 1. The molecule has 3 aromatic rings. The first kappa shape index (κ1) is 27.8. The van der Waals surface area contributed by atoms with Gasteiger partial charge in [-0.2, -0.15) is 0 Å². The van der Waals surface area contributed by atoms with Crippen LogP contribution in [0.15, 0.2) is 42.7 Å². The fraction of sp³-hybridized carbons (Fsp3) is 0.414. The molecule has 0 aliphatic carbocycles. The maximum Gasteiger partial charge on any atom is 0.332 e. The molecule has 39 heavy (non-hydrogen) atoms. The quantitative estimate of drug-likeness (QED) is 0.428. The van der Waals surface area contributed by atoms with E-state index in [-0.39, 0.29) is 29.6 Å². The lowest BCUT2D eigenvalue weighted by Crippen LogP contribution is -2.57. The number of nitrogens with zero attached hydrogens (tertiary/aromatic N) is 3. The number of benzene rings is 2. The zero-order chi connectivity index (χ0) is 28.5. The Morgan fingerprint density at radius 2 is 1.90 bits per heavy atom. The van der Waals surface area contributed by atoms with Crippen LogP contribution in [-0.2, 0) is 21.4 Å². The van der Waals surface area contributed by atoms with E-state index in [4.69, 9.17) is 9.47 Å². The number of methoxy groups -OCH3 is 2. The number of nitrogens with one attached hydrogen (secondary N) is 2. The van der Waals surface area contributed by atoms with Crippen LogP contribution in [-0.4, -0.2) is 52.7 Å². The van der Waals surface area contributed by atoms with Crippen LogP contribution in [0, 0.1) is 5.92 Å². The number of carbonyl (C=O) groups is 3. The first-order chi connectivity index (χ1) is 18.4. The number of ether oxygens (including phenoxy) is 2. The molecule has 2 heterocycles. The maximum absolute atomic E-state index is 14.3. The number of carbonyl (C=O) groups excluding carboxylic acids is 3. The van der Waals surface area contributed by atoms with E-state index in [1.165, 1.54) is 18.3 Å². The smallest absolute Gasteiger partial charge is 0.332 e. The van der Waals surface area contributed by atoms with Gasteiger partial charge in [-0.05, 0) is 53.1 Å². The highest BCUT2D eigenvalue weighted by atomic mass is 16.5. The lowest BCUT2D eigenvalue weighted by atomic mass is 9.83. The van der Waals surface area contributed by atoms with E-state index in [2.05, 4.69) is 41.3 Å². The van der Waals surface area contributed by atoms with E-state index in [1.54, 1.807) is 37.4 Å². The second-order valence-corrected chi connectivity index (χ2v) is 11.2. The van der Waals surface area contributed by atoms with Gasteiger partial charge < -0.3 is 9.47 Å². The highest BCUT2D eigenvalue weighted by Crippen LogP contribution is 2.46. The summed E-state index contributed by atoms with van der Waals surface area (Å²) in [6.45, 7) is 10.2. The van der Waals surface area contributed by atoms with Gasteiger partial charge in [0.25, 0.3) is 11.8 Å². The van der Waals surface area contributed by atoms with Crippen molar-refractivity contribution >= 4 is 29.4 Å². The summed E-state index contributed by atoms with van der Waals surface area (Å²) in [4.78, 5) is 46.6.